The van der Waals surface area contributed by atoms with E-state index in [1.54, 1.807) is 6.92 Å². The van der Waals surface area contributed by atoms with Crippen molar-refractivity contribution in [1.82, 2.24) is 10.1 Å². The number of hydrogen-bond donors (Lipinski definition) is 3. The van der Waals surface area contributed by atoms with Gasteiger partial charge < -0.3 is 26.0 Å². The highest BCUT2D eigenvalue weighted by molar-refractivity contribution is 7.19. The minimum absolute atomic E-state index is 0.00820. The van der Waals surface area contributed by atoms with Crippen LogP contribution in [0, 0.1) is 6.92 Å². The Morgan fingerprint density at radius 1 is 1.48 bits per heavy atom. The standard InChI is InChI=1S/C11H13N5O4S/c1-4-15-5(16-20-4)3-14-10-6(9(13)17)7(12)8(21-10)11(18)19-2/h14H,3,12H2,1-2H3,(H2,13,17). The molecule has 2 aromatic rings. The van der Waals surface area contributed by atoms with Crippen LogP contribution in [0.5, 0.6) is 0 Å². The van der Waals surface area contributed by atoms with Crippen LogP contribution in [0.15, 0.2) is 4.52 Å². The number of aryl methyl sites for hydroxylation is 1. The number of nitrogen functional groups attached to an aromatic ring is 1. The molecule has 9 nitrogen and oxygen atoms in total. The predicted octanol–water partition coefficient (Wildman–Crippen LogP) is 0.519. The average molecular weight is 311 g/mol. The zero-order valence-electron chi connectivity index (χ0n) is 11.3. The fraction of sp³-hybridized carbons (Fsp3) is 0.273. The first-order chi connectivity index (χ1) is 9.93. The maximum Gasteiger partial charge on any atom is 0.350 e. The van der Waals surface area contributed by atoms with Crippen molar-refractivity contribution in [1.29, 1.82) is 0 Å². The molecule has 0 aliphatic rings. The molecule has 0 atom stereocenters. The van der Waals surface area contributed by atoms with E-state index in [-0.39, 0.29) is 22.7 Å². The van der Waals surface area contributed by atoms with Crippen LogP contribution < -0.4 is 16.8 Å². The zero-order chi connectivity index (χ0) is 15.6. The lowest BCUT2D eigenvalue weighted by Gasteiger charge is -2.02. The number of primary amides is 1. The summed E-state index contributed by atoms with van der Waals surface area (Å²) in [5.74, 6) is -0.563. The molecule has 0 aromatic carbocycles. The summed E-state index contributed by atoms with van der Waals surface area (Å²) in [6, 6.07) is 0. The molecule has 0 spiro atoms. The Morgan fingerprint density at radius 2 is 2.19 bits per heavy atom. The number of nitrogens with zero attached hydrogens (tertiary/aromatic N) is 2. The first-order valence-electron chi connectivity index (χ1n) is 5.77. The smallest absolute Gasteiger partial charge is 0.350 e. The van der Waals surface area contributed by atoms with Crippen LogP contribution in [0.3, 0.4) is 0 Å². The van der Waals surface area contributed by atoms with Crippen LogP contribution in [0.4, 0.5) is 10.7 Å². The minimum Gasteiger partial charge on any atom is -0.465 e. The van der Waals surface area contributed by atoms with Crippen molar-refractivity contribution >= 4 is 33.9 Å². The minimum atomic E-state index is -0.745. The number of thiophene rings is 1. The Labute approximate surface area is 123 Å². The summed E-state index contributed by atoms with van der Waals surface area (Å²) in [6.07, 6.45) is 0. The quantitative estimate of drug-likeness (QED) is 0.677. The number of amides is 1. The first kappa shape index (κ1) is 14.8. The van der Waals surface area contributed by atoms with Gasteiger partial charge in [0.2, 0.25) is 5.89 Å². The van der Waals surface area contributed by atoms with Crippen LogP contribution in [-0.2, 0) is 11.3 Å². The van der Waals surface area contributed by atoms with Gasteiger partial charge in [-0.15, -0.1) is 11.3 Å². The van der Waals surface area contributed by atoms with Gasteiger partial charge in [-0.25, -0.2) is 4.79 Å². The summed E-state index contributed by atoms with van der Waals surface area (Å²) in [5.41, 5.74) is 11.1. The number of rotatable bonds is 5. The fourth-order valence-corrected chi connectivity index (χ4v) is 2.67. The Morgan fingerprint density at radius 3 is 2.71 bits per heavy atom. The van der Waals surface area contributed by atoms with Gasteiger partial charge in [0.05, 0.1) is 24.9 Å². The molecule has 0 saturated heterocycles. The van der Waals surface area contributed by atoms with Crippen molar-refractivity contribution in [3.05, 3.63) is 22.2 Å². The summed E-state index contributed by atoms with van der Waals surface area (Å²) in [4.78, 5) is 27.2. The Bertz CT molecular complexity index is 693. The van der Waals surface area contributed by atoms with E-state index in [1.165, 1.54) is 7.11 Å². The average Bonchev–Trinajstić information content (AvgIpc) is 2.99. The van der Waals surface area contributed by atoms with Crippen LogP contribution >= 0.6 is 11.3 Å². The molecule has 0 unspecified atom stereocenters. The van der Waals surface area contributed by atoms with Crippen LogP contribution in [-0.4, -0.2) is 29.1 Å². The summed E-state index contributed by atoms with van der Waals surface area (Å²) >= 11 is 0.976. The summed E-state index contributed by atoms with van der Waals surface area (Å²) in [6.45, 7) is 1.85. The van der Waals surface area contributed by atoms with Crippen molar-refractivity contribution in [3.8, 4) is 0 Å². The lowest BCUT2D eigenvalue weighted by atomic mass is 10.2. The molecular formula is C11H13N5O4S. The first-order valence-corrected chi connectivity index (χ1v) is 6.59. The van der Waals surface area contributed by atoms with E-state index >= 15 is 0 Å². The predicted molar refractivity (Wildman–Crippen MR) is 75.0 cm³/mol. The number of nitrogens with two attached hydrogens (primary N) is 2. The van der Waals surface area contributed by atoms with Gasteiger partial charge in [-0.3, -0.25) is 4.79 Å². The third kappa shape index (κ3) is 2.94. The topological polar surface area (TPSA) is 146 Å². The molecule has 2 heterocycles. The molecule has 0 aliphatic carbocycles. The van der Waals surface area contributed by atoms with Crippen molar-refractivity contribution in [3.63, 3.8) is 0 Å². The number of aromatic nitrogens is 2. The second-order valence-corrected chi connectivity index (χ2v) is 5.01. The van der Waals surface area contributed by atoms with Crippen molar-refractivity contribution < 1.29 is 18.8 Å². The van der Waals surface area contributed by atoms with Gasteiger partial charge in [0, 0.05) is 6.92 Å². The van der Waals surface area contributed by atoms with Crippen LogP contribution in [0.25, 0.3) is 0 Å². The maximum atomic E-state index is 11.6. The van der Waals surface area contributed by atoms with E-state index in [0.29, 0.717) is 16.7 Å². The molecular weight excluding hydrogens is 298 g/mol. The number of hydrogen-bond acceptors (Lipinski definition) is 9. The van der Waals surface area contributed by atoms with E-state index in [4.69, 9.17) is 16.0 Å². The summed E-state index contributed by atoms with van der Waals surface area (Å²) in [5, 5.41) is 6.96. The van der Waals surface area contributed by atoms with Crippen molar-refractivity contribution in [2.24, 2.45) is 5.73 Å². The maximum absolute atomic E-state index is 11.6. The third-order valence-corrected chi connectivity index (χ3v) is 3.68. The van der Waals surface area contributed by atoms with Crippen LogP contribution in [0.1, 0.15) is 31.7 Å². The highest BCUT2D eigenvalue weighted by Gasteiger charge is 2.24. The van der Waals surface area contributed by atoms with Gasteiger partial charge in [-0.05, 0) is 0 Å². The lowest BCUT2D eigenvalue weighted by molar-refractivity contribution is 0.0607. The summed E-state index contributed by atoms with van der Waals surface area (Å²) in [7, 11) is 1.22. The van der Waals surface area contributed by atoms with Crippen molar-refractivity contribution in [2.45, 2.75) is 13.5 Å². The Balaban J connectivity index is 2.29. The monoisotopic (exact) mass is 311 g/mol. The highest BCUT2D eigenvalue weighted by Crippen LogP contribution is 2.36. The second kappa shape index (κ2) is 5.79. The molecule has 21 heavy (non-hydrogen) atoms. The molecule has 0 aliphatic heterocycles. The van der Waals surface area contributed by atoms with Gasteiger partial charge in [-0.1, -0.05) is 5.16 Å². The fourth-order valence-electron chi connectivity index (χ4n) is 1.63. The van der Waals surface area contributed by atoms with Crippen molar-refractivity contribution in [2.75, 3.05) is 18.2 Å². The lowest BCUT2D eigenvalue weighted by Crippen LogP contribution is -2.15. The van der Waals surface area contributed by atoms with Gasteiger partial charge in [0.15, 0.2) is 5.82 Å². The van der Waals surface area contributed by atoms with E-state index < -0.39 is 11.9 Å². The van der Waals surface area contributed by atoms with Gasteiger partial charge >= 0.3 is 5.97 Å². The number of methoxy groups -OCH3 is 1. The zero-order valence-corrected chi connectivity index (χ0v) is 12.1. The largest absolute Gasteiger partial charge is 0.465 e. The highest BCUT2D eigenvalue weighted by atomic mass is 32.1. The molecule has 0 radical (unpaired) electrons. The molecule has 10 heteroatoms. The molecule has 0 bridgehead atoms. The van der Waals surface area contributed by atoms with E-state index in [0.717, 1.165) is 11.3 Å². The van der Waals surface area contributed by atoms with Gasteiger partial charge in [0.1, 0.15) is 9.88 Å². The van der Waals surface area contributed by atoms with Gasteiger partial charge in [-0.2, -0.15) is 4.98 Å². The normalized spacial score (nSPS) is 10.4. The third-order valence-electron chi connectivity index (χ3n) is 2.54. The molecule has 1 amide bonds. The molecule has 0 fully saturated rings. The van der Waals surface area contributed by atoms with Gasteiger partial charge in [0.25, 0.3) is 5.91 Å². The number of carbonyl (C=O) groups is 2. The molecule has 5 N–H and O–H groups in total. The number of esters is 1. The number of carbonyl (C=O) groups excluding carboxylic acids is 2. The Hall–Kier alpha value is -2.62. The second-order valence-electron chi connectivity index (χ2n) is 3.99. The molecule has 2 rings (SSSR count). The number of ether oxygens (including phenoxy) is 1. The van der Waals surface area contributed by atoms with E-state index in [1.807, 2.05) is 0 Å². The number of anilines is 2. The molecule has 0 saturated carbocycles. The SMILES string of the molecule is COC(=O)c1sc(NCc2noc(C)n2)c(C(N)=O)c1N. The van der Waals surface area contributed by atoms with Crippen LogP contribution in [0.2, 0.25) is 0 Å². The van der Waals surface area contributed by atoms with E-state index in [2.05, 4.69) is 20.2 Å². The number of nitrogens with one attached hydrogen (secondary N) is 1. The molecule has 2 aromatic heterocycles. The van der Waals surface area contributed by atoms with E-state index in [9.17, 15) is 9.59 Å². The molecule has 112 valence electrons. The summed E-state index contributed by atoms with van der Waals surface area (Å²) < 4.78 is 9.43. The Kier molecular flexibility index (Phi) is 4.08.